The zero-order chi connectivity index (χ0) is 21.8. The lowest BCUT2D eigenvalue weighted by molar-refractivity contribution is 0.395. The Morgan fingerprint density at radius 1 is 0.935 bits per heavy atom. The van der Waals surface area contributed by atoms with Crippen molar-refractivity contribution >= 4 is 23.1 Å². The summed E-state index contributed by atoms with van der Waals surface area (Å²) in [6, 6.07) is 13.5. The second kappa shape index (κ2) is 9.40. The van der Waals surface area contributed by atoms with Crippen LogP contribution >= 0.6 is 23.1 Å². The monoisotopic (exact) mass is 454 g/mol. The molecule has 2 heterocycles. The molecule has 0 aliphatic heterocycles. The fraction of sp³-hybridized carbons (Fsp3) is 0.227. The number of thioether (sulfide) groups is 1. The van der Waals surface area contributed by atoms with E-state index in [1.165, 1.54) is 0 Å². The molecule has 2 aromatic heterocycles. The van der Waals surface area contributed by atoms with E-state index in [9.17, 15) is 0 Å². The first-order valence-corrected chi connectivity index (χ1v) is 11.3. The smallest absolute Gasteiger partial charge is 0.191 e. The van der Waals surface area contributed by atoms with Crippen LogP contribution in [0.4, 0.5) is 0 Å². The molecule has 2 aromatic carbocycles. The minimum absolute atomic E-state index is 0.698. The van der Waals surface area contributed by atoms with E-state index in [-0.39, 0.29) is 0 Å². The molecule has 31 heavy (non-hydrogen) atoms. The second-order valence-electron chi connectivity index (χ2n) is 6.59. The molecular formula is C22H22N4O3S2. The molecule has 7 nitrogen and oxygen atoms in total. The second-order valence-corrected chi connectivity index (χ2v) is 8.39. The highest BCUT2D eigenvalue weighted by Crippen LogP contribution is 2.36. The van der Waals surface area contributed by atoms with Crippen molar-refractivity contribution in [2.45, 2.75) is 10.9 Å². The Hall–Kier alpha value is -3.04. The number of ether oxygens (including phenoxy) is 3. The normalized spacial score (nSPS) is 10.8. The van der Waals surface area contributed by atoms with Gasteiger partial charge in [0.05, 0.1) is 32.6 Å². The van der Waals surface area contributed by atoms with Crippen LogP contribution in [0.1, 0.15) is 5.69 Å². The number of methoxy groups -OCH3 is 3. The van der Waals surface area contributed by atoms with Crippen LogP contribution in [-0.4, -0.2) is 41.1 Å². The van der Waals surface area contributed by atoms with Crippen LogP contribution in [0.2, 0.25) is 0 Å². The average Bonchev–Trinajstić information content (AvgIpc) is 3.43. The molecule has 0 radical (unpaired) electrons. The molecule has 0 aliphatic carbocycles. The number of aromatic nitrogens is 4. The third-order valence-corrected chi connectivity index (χ3v) is 6.70. The first-order chi connectivity index (χ1) is 15.1. The molecule has 0 atom stereocenters. The molecule has 0 unspecified atom stereocenters. The Kier molecular flexibility index (Phi) is 6.43. The van der Waals surface area contributed by atoms with Crippen LogP contribution in [0.3, 0.4) is 0 Å². The van der Waals surface area contributed by atoms with Crippen molar-refractivity contribution in [3.63, 3.8) is 0 Å². The third-order valence-electron chi connectivity index (χ3n) is 4.72. The number of hydrogen-bond donors (Lipinski definition) is 0. The van der Waals surface area contributed by atoms with Crippen LogP contribution in [0.25, 0.3) is 22.0 Å². The van der Waals surface area contributed by atoms with Gasteiger partial charge in [0, 0.05) is 29.8 Å². The molecule has 0 aliphatic rings. The molecule has 0 amide bonds. The summed E-state index contributed by atoms with van der Waals surface area (Å²) in [5.74, 6) is 3.82. The lowest BCUT2D eigenvalue weighted by Gasteiger charge is -2.08. The summed E-state index contributed by atoms with van der Waals surface area (Å²) < 4.78 is 18.0. The molecule has 0 bridgehead atoms. The van der Waals surface area contributed by atoms with Crippen molar-refractivity contribution in [2.75, 3.05) is 21.3 Å². The predicted molar refractivity (Wildman–Crippen MR) is 123 cm³/mol. The Labute approximate surface area is 189 Å². The molecule has 9 heteroatoms. The van der Waals surface area contributed by atoms with E-state index in [2.05, 4.69) is 15.6 Å². The maximum atomic E-state index is 5.51. The fourth-order valence-electron chi connectivity index (χ4n) is 3.04. The highest BCUT2D eigenvalue weighted by atomic mass is 32.2. The Balaban J connectivity index is 1.47. The summed E-state index contributed by atoms with van der Waals surface area (Å²) in [5.41, 5.74) is 2.92. The van der Waals surface area contributed by atoms with E-state index in [1.807, 2.05) is 54.1 Å². The maximum Gasteiger partial charge on any atom is 0.191 e. The van der Waals surface area contributed by atoms with Crippen LogP contribution in [0, 0.1) is 0 Å². The molecule has 0 N–H and O–H groups in total. The van der Waals surface area contributed by atoms with Gasteiger partial charge in [-0.3, -0.25) is 0 Å². The van der Waals surface area contributed by atoms with Gasteiger partial charge in [-0.15, -0.1) is 21.5 Å². The van der Waals surface area contributed by atoms with Gasteiger partial charge >= 0.3 is 0 Å². The van der Waals surface area contributed by atoms with Crippen molar-refractivity contribution in [1.82, 2.24) is 19.7 Å². The van der Waals surface area contributed by atoms with Crippen LogP contribution in [-0.2, 0) is 12.8 Å². The molecule has 160 valence electrons. The fourth-order valence-corrected chi connectivity index (χ4v) is 4.80. The van der Waals surface area contributed by atoms with Gasteiger partial charge in [-0.1, -0.05) is 11.8 Å². The summed E-state index contributed by atoms with van der Waals surface area (Å²) in [7, 11) is 6.91. The van der Waals surface area contributed by atoms with E-state index >= 15 is 0 Å². The number of hydrogen-bond acceptors (Lipinski definition) is 8. The van der Waals surface area contributed by atoms with Crippen molar-refractivity contribution < 1.29 is 14.2 Å². The van der Waals surface area contributed by atoms with Gasteiger partial charge in [0.2, 0.25) is 0 Å². The molecule has 0 saturated heterocycles. The minimum atomic E-state index is 0.698. The summed E-state index contributed by atoms with van der Waals surface area (Å²) >= 11 is 3.20. The Bertz CT molecular complexity index is 1170. The highest BCUT2D eigenvalue weighted by Gasteiger charge is 2.14. The van der Waals surface area contributed by atoms with Gasteiger partial charge in [-0.05, 0) is 36.4 Å². The van der Waals surface area contributed by atoms with Crippen LogP contribution < -0.4 is 14.2 Å². The van der Waals surface area contributed by atoms with Crippen molar-refractivity contribution in [3.8, 4) is 39.2 Å². The zero-order valence-corrected chi connectivity index (χ0v) is 19.3. The zero-order valence-electron chi connectivity index (χ0n) is 17.7. The van der Waals surface area contributed by atoms with Gasteiger partial charge in [0.25, 0.3) is 0 Å². The maximum absolute atomic E-state index is 5.51. The number of thiazole rings is 1. The molecule has 0 fully saturated rings. The quantitative estimate of drug-likeness (QED) is 0.350. The molecule has 4 aromatic rings. The Morgan fingerprint density at radius 3 is 2.39 bits per heavy atom. The first-order valence-electron chi connectivity index (χ1n) is 9.46. The number of nitrogens with zero attached hydrogens (tertiary/aromatic N) is 4. The lowest BCUT2D eigenvalue weighted by atomic mass is 10.2. The minimum Gasteiger partial charge on any atom is -0.497 e. The lowest BCUT2D eigenvalue weighted by Crippen LogP contribution is -1.95. The van der Waals surface area contributed by atoms with E-state index in [0.717, 1.165) is 50.1 Å². The van der Waals surface area contributed by atoms with E-state index < -0.39 is 0 Å². The SMILES string of the molecule is COc1ccc(-c2nnc(SCc3csc(-c4ccc(OC)cc4OC)n3)n2C)cc1. The van der Waals surface area contributed by atoms with Gasteiger partial charge in [0.1, 0.15) is 22.3 Å². The van der Waals surface area contributed by atoms with Crippen molar-refractivity contribution in [2.24, 2.45) is 7.05 Å². The van der Waals surface area contributed by atoms with E-state index in [4.69, 9.17) is 19.2 Å². The van der Waals surface area contributed by atoms with Gasteiger partial charge in [0.15, 0.2) is 11.0 Å². The molecule has 4 rings (SSSR count). The van der Waals surface area contributed by atoms with Crippen LogP contribution in [0.15, 0.2) is 53.0 Å². The number of rotatable bonds is 8. The van der Waals surface area contributed by atoms with E-state index in [1.54, 1.807) is 44.4 Å². The highest BCUT2D eigenvalue weighted by molar-refractivity contribution is 7.98. The standard InChI is InChI=1S/C22H22N4O3S2/c1-26-20(14-5-7-16(27-2)8-6-14)24-25-22(26)31-13-15-12-30-21(23-15)18-10-9-17(28-3)11-19(18)29-4/h5-12H,13H2,1-4H3. The predicted octanol–water partition coefficient (Wildman–Crippen LogP) is 4.92. The van der Waals surface area contributed by atoms with Crippen molar-refractivity contribution in [1.29, 1.82) is 0 Å². The van der Waals surface area contributed by atoms with Gasteiger partial charge in [-0.2, -0.15) is 0 Å². The van der Waals surface area contributed by atoms with E-state index in [0.29, 0.717) is 5.75 Å². The molecule has 0 saturated carbocycles. The summed E-state index contributed by atoms with van der Waals surface area (Å²) in [6.45, 7) is 0. The molecular weight excluding hydrogens is 432 g/mol. The van der Waals surface area contributed by atoms with Crippen LogP contribution in [0.5, 0.6) is 17.2 Å². The van der Waals surface area contributed by atoms with Gasteiger partial charge in [-0.25, -0.2) is 4.98 Å². The molecule has 0 spiro atoms. The third kappa shape index (κ3) is 4.52. The topological polar surface area (TPSA) is 71.3 Å². The average molecular weight is 455 g/mol. The summed E-state index contributed by atoms with van der Waals surface area (Å²) in [4.78, 5) is 4.78. The Morgan fingerprint density at radius 2 is 1.68 bits per heavy atom. The number of benzene rings is 2. The largest absolute Gasteiger partial charge is 0.497 e. The van der Waals surface area contributed by atoms with Gasteiger partial charge < -0.3 is 18.8 Å². The van der Waals surface area contributed by atoms with Crippen molar-refractivity contribution in [3.05, 3.63) is 53.5 Å². The summed E-state index contributed by atoms with van der Waals surface area (Å²) in [6.07, 6.45) is 0. The summed E-state index contributed by atoms with van der Waals surface area (Å²) in [5, 5.41) is 12.5. The first kappa shape index (κ1) is 21.2.